The van der Waals surface area contributed by atoms with Gasteiger partial charge in [0.25, 0.3) is 11.8 Å². The molecule has 29 heavy (non-hydrogen) atoms. The van der Waals surface area contributed by atoms with Crippen molar-refractivity contribution in [3.8, 4) is 5.75 Å². The molecule has 0 unspecified atom stereocenters. The topological polar surface area (TPSA) is 58.6 Å². The summed E-state index contributed by atoms with van der Waals surface area (Å²) in [5.41, 5.74) is 2.52. The van der Waals surface area contributed by atoms with E-state index in [0.717, 1.165) is 11.1 Å². The van der Waals surface area contributed by atoms with E-state index in [1.54, 1.807) is 19.3 Å². The van der Waals surface area contributed by atoms with Gasteiger partial charge in [0.2, 0.25) is 0 Å². The van der Waals surface area contributed by atoms with Gasteiger partial charge in [-0.15, -0.1) is 6.58 Å². The van der Waals surface area contributed by atoms with Crippen molar-refractivity contribution in [2.45, 2.75) is 52.4 Å². The minimum absolute atomic E-state index is 0.0182. The van der Waals surface area contributed by atoms with Crippen LogP contribution < -0.4 is 10.1 Å². The molecule has 1 aliphatic rings. The number of thiocarbonyl (C=S) groups is 1. The molecule has 1 fully saturated rings. The fraction of sp³-hybridized carbons (Fsp3) is 0.435. The zero-order valence-electron chi connectivity index (χ0n) is 18.3. The lowest BCUT2D eigenvalue weighted by molar-refractivity contribution is -0.128. The molecule has 2 amide bonds. The number of nitrogens with one attached hydrogen (secondary N) is 1. The molecule has 1 saturated heterocycles. The smallest absolute Gasteiger partial charge is 0.265 e. The normalized spacial score (nSPS) is 16.9. The lowest BCUT2D eigenvalue weighted by Crippen LogP contribution is -2.53. The summed E-state index contributed by atoms with van der Waals surface area (Å²) in [6.45, 7) is 16.6. The van der Waals surface area contributed by atoms with E-state index in [-0.39, 0.29) is 28.1 Å². The highest BCUT2D eigenvalue weighted by molar-refractivity contribution is 7.80. The zero-order valence-corrected chi connectivity index (χ0v) is 19.1. The summed E-state index contributed by atoms with van der Waals surface area (Å²) in [7, 11) is 1.60. The maximum atomic E-state index is 12.9. The Kier molecular flexibility index (Phi) is 6.38. The van der Waals surface area contributed by atoms with E-state index in [1.807, 2.05) is 6.07 Å². The first kappa shape index (κ1) is 22.8. The summed E-state index contributed by atoms with van der Waals surface area (Å²) in [6.07, 6.45) is 3.16. The number of carbonyl (C=O) groups excluding carboxylic acids is 2. The monoisotopic (exact) mass is 414 g/mol. The number of nitrogens with zero attached hydrogens (tertiary/aromatic N) is 1. The number of rotatable bonds is 4. The largest absolute Gasteiger partial charge is 0.496 e. The second kappa shape index (κ2) is 8.11. The summed E-state index contributed by atoms with van der Waals surface area (Å²) in [5.74, 6) is -0.304. The molecule has 0 aliphatic carbocycles. The molecule has 0 radical (unpaired) electrons. The third-order valence-electron chi connectivity index (χ3n) is 4.79. The van der Waals surface area contributed by atoms with Crippen molar-refractivity contribution in [3.05, 3.63) is 47.1 Å². The van der Waals surface area contributed by atoms with Crippen LogP contribution in [0.1, 0.15) is 58.2 Å². The standard InChI is InChI=1S/C23H30N2O3S/c1-9-10-25-20(27)16(19(26)24-21(25)29)12-14-11-15(22(2,3)4)13-17(18(14)28-8)23(5,6)7/h9,11-13H,1,10H2,2-8H3,(H,24,26,29). The molecule has 5 nitrogen and oxygen atoms in total. The van der Waals surface area contributed by atoms with Gasteiger partial charge in [-0.3, -0.25) is 19.8 Å². The second-order valence-electron chi connectivity index (χ2n) is 9.17. The molecule has 156 valence electrons. The molecule has 1 N–H and O–H groups in total. The van der Waals surface area contributed by atoms with Crippen molar-refractivity contribution in [1.29, 1.82) is 0 Å². The van der Waals surface area contributed by atoms with E-state index in [9.17, 15) is 9.59 Å². The fourth-order valence-corrected chi connectivity index (χ4v) is 3.37. The summed E-state index contributed by atoms with van der Waals surface area (Å²) in [5, 5.41) is 2.67. The van der Waals surface area contributed by atoms with Gasteiger partial charge in [0.15, 0.2) is 5.11 Å². The Balaban J connectivity index is 2.75. The van der Waals surface area contributed by atoms with Gasteiger partial charge >= 0.3 is 0 Å². The van der Waals surface area contributed by atoms with Gasteiger partial charge in [-0.05, 0) is 40.8 Å². The minimum Gasteiger partial charge on any atom is -0.496 e. The van der Waals surface area contributed by atoms with Crippen LogP contribution in [0, 0.1) is 0 Å². The lowest BCUT2D eigenvalue weighted by atomic mass is 9.78. The number of carbonyl (C=O) groups is 2. The average molecular weight is 415 g/mol. The first-order chi connectivity index (χ1) is 13.3. The number of amides is 2. The highest BCUT2D eigenvalue weighted by Crippen LogP contribution is 2.39. The van der Waals surface area contributed by atoms with Gasteiger partial charge in [0, 0.05) is 17.7 Å². The molecule has 0 saturated carbocycles. The predicted molar refractivity (Wildman–Crippen MR) is 121 cm³/mol. The van der Waals surface area contributed by atoms with Crippen LogP contribution in [0.4, 0.5) is 0 Å². The van der Waals surface area contributed by atoms with E-state index >= 15 is 0 Å². The Morgan fingerprint density at radius 2 is 1.76 bits per heavy atom. The zero-order chi connectivity index (χ0) is 22.1. The number of hydrogen-bond acceptors (Lipinski definition) is 4. The SMILES string of the molecule is C=CCN1C(=O)C(=Cc2cc(C(C)(C)C)cc(C(C)(C)C)c2OC)C(=O)NC1=S. The molecular formula is C23H30N2O3S. The van der Waals surface area contributed by atoms with Crippen LogP contribution in [0.15, 0.2) is 30.4 Å². The Morgan fingerprint density at radius 1 is 1.14 bits per heavy atom. The van der Waals surface area contributed by atoms with Gasteiger partial charge in [0.1, 0.15) is 11.3 Å². The summed E-state index contributed by atoms with van der Waals surface area (Å²) in [4.78, 5) is 26.8. The lowest BCUT2D eigenvalue weighted by Gasteiger charge is -2.30. The van der Waals surface area contributed by atoms with E-state index in [2.05, 4.69) is 59.5 Å². The molecule has 1 aromatic rings. The molecule has 1 aromatic carbocycles. The second-order valence-corrected chi connectivity index (χ2v) is 9.55. The predicted octanol–water partition coefficient (Wildman–Crippen LogP) is 4.10. The Morgan fingerprint density at radius 3 is 2.24 bits per heavy atom. The molecule has 1 heterocycles. The molecule has 2 rings (SSSR count). The average Bonchev–Trinajstić information content (AvgIpc) is 2.59. The van der Waals surface area contributed by atoms with Crippen LogP contribution in [0.5, 0.6) is 5.75 Å². The molecule has 0 bridgehead atoms. The third kappa shape index (κ3) is 4.75. The van der Waals surface area contributed by atoms with Gasteiger partial charge in [0.05, 0.1) is 7.11 Å². The number of ether oxygens (including phenoxy) is 1. The van der Waals surface area contributed by atoms with Crippen LogP contribution in [-0.2, 0) is 20.4 Å². The van der Waals surface area contributed by atoms with Crippen LogP contribution in [0.2, 0.25) is 0 Å². The highest BCUT2D eigenvalue weighted by Gasteiger charge is 2.33. The molecule has 1 aliphatic heterocycles. The van der Waals surface area contributed by atoms with Gasteiger partial charge in [-0.25, -0.2) is 0 Å². The quantitative estimate of drug-likeness (QED) is 0.349. The molecule has 0 aromatic heterocycles. The van der Waals surface area contributed by atoms with Crippen LogP contribution in [0.3, 0.4) is 0 Å². The van der Waals surface area contributed by atoms with Crippen molar-refractivity contribution in [2.75, 3.05) is 13.7 Å². The van der Waals surface area contributed by atoms with Crippen molar-refractivity contribution in [2.24, 2.45) is 0 Å². The van der Waals surface area contributed by atoms with E-state index in [1.165, 1.54) is 4.90 Å². The van der Waals surface area contributed by atoms with Gasteiger partial charge in [-0.2, -0.15) is 0 Å². The maximum Gasteiger partial charge on any atom is 0.265 e. The van der Waals surface area contributed by atoms with Crippen molar-refractivity contribution in [1.82, 2.24) is 10.2 Å². The number of methoxy groups -OCH3 is 1. The Labute approximate surface area is 178 Å². The third-order valence-corrected chi connectivity index (χ3v) is 5.12. The summed E-state index contributed by atoms with van der Waals surface area (Å²) in [6, 6.07) is 4.12. The first-order valence-electron chi connectivity index (χ1n) is 9.54. The number of hydrogen-bond donors (Lipinski definition) is 1. The van der Waals surface area contributed by atoms with E-state index in [4.69, 9.17) is 17.0 Å². The summed E-state index contributed by atoms with van der Waals surface area (Å²) < 4.78 is 5.73. The van der Waals surface area contributed by atoms with Crippen LogP contribution >= 0.6 is 12.2 Å². The number of benzene rings is 1. The van der Waals surface area contributed by atoms with Crippen molar-refractivity contribution in [3.63, 3.8) is 0 Å². The van der Waals surface area contributed by atoms with Crippen molar-refractivity contribution >= 4 is 35.2 Å². The Bertz CT molecular complexity index is 902. The minimum atomic E-state index is -0.513. The van der Waals surface area contributed by atoms with E-state index in [0.29, 0.717) is 11.3 Å². The van der Waals surface area contributed by atoms with Crippen molar-refractivity contribution < 1.29 is 14.3 Å². The highest BCUT2D eigenvalue weighted by atomic mass is 32.1. The van der Waals surface area contributed by atoms with Gasteiger partial charge < -0.3 is 4.74 Å². The molecule has 0 atom stereocenters. The first-order valence-corrected chi connectivity index (χ1v) is 9.94. The van der Waals surface area contributed by atoms with Crippen LogP contribution in [0.25, 0.3) is 6.08 Å². The molecule has 6 heteroatoms. The Hall–Kier alpha value is -2.47. The summed E-state index contributed by atoms with van der Waals surface area (Å²) >= 11 is 5.13. The molecular weight excluding hydrogens is 384 g/mol. The van der Waals surface area contributed by atoms with Gasteiger partial charge in [-0.1, -0.05) is 53.7 Å². The fourth-order valence-electron chi connectivity index (χ4n) is 3.12. The molecule has 0 spiro atoms. The van der Waals surface area contributed by atoms with E-state index < -0.39 is 11.8 Å². The van der Waals surface area contributed by atoms with Crippen LogP contribution in [-0.4, -0.2) is 35.5 Å². The maximum absolute atomic E-state index is 12.9.